The number of hydrogen-bond donors (Lipinski definition) is 1. The van der Waals surface area contributed by atoms with E-state index in [9.17, 15) is 9.59 Å². The summed E-state index contributed by atoms with van der Waals surface area (Å²) in [6.45, 7) is 6.68. The number of fused-ring (bicyclic) bond motifs is 3. The van der Waals surface area contributed by atoms with Crippen LogP contribution in [0, 0.1) is 0 Å². The van der Waals surface area contributed by atoms with Gasteiger partial charge in [-0.25, -0.2) is 0 Å². The SMILES string of the molecule is CC(C)Oc1ccc(CN2C(=O)c3cc4ccccc4n3C[C@]2(C)C(=O)NC2CCCC2)cc1. The third-order valence-electron chi connectivity index (χ3n) is 7.15. The first-order valence-electron chi connectivity index (χ1n) is 12.3. The van der Waals surface area contributed by atoms with Gasteiger partial charge in [-0.1, -0.05) is 43.2 Å². The van der Waals surface area contributed by atoms with E-state index >= 15 is 0 Å². The fourth-order valence-electron chi connectivity index (χ4n) is 5.29. The Morgan fingerprint density at radius 3 is 2.53 bits per heavy atom. The molecule has 0 unspecified atom stereocenters. The number of nitrogens with one attached hydrogen (secondary N) is 1. The van der Waals surface area contributed by atoms with Crippen LogP contribution < -0.4 is 10.1 Å². The second-order valence-corrected chi connectivity index (χ2v) is 10.1. The van der Waals surface area contributed by atoms with Crippen LogP contribution in [0.1, 0.15) is 62.5 Å². The number of hydrogen-bond acceptors (Lipinski definition) is 3. The predicted octanol–water partition coefficient (Wildman–Crippen LogP) is 4.90. The van der Waals surface area contributed by atoms with Crippen LogP contribution in [0.15, 0.2) is 54.6 Å². The van der Waals surface area contributed by atoms with Crippen LogP contribution in [0.2, 0.25) is 0 Å². The number of benzene rings is 2. The van der Waals surface area contributed by atoms with Crippen molar-refractivity contribution in [2.75, 3.05) is 0 Å². The standard InChI is InChI=1S/C28H33N3O3/c1-19(2)34-23-14-12-20(13-15-23)17-31-26(32)25-16-21-8-4-7-11-24(21)30(25)18-28(31,3)27(33)29-22-9-5-6-10-22/h4,7-8,11-16,19,22H,5-6,9-10,17-18H2,1-3H3,(H,29,33)/t28-/m1/s1. The minimum absolute atomic E-state index is 0.0732. The van der Waals surface area contributed by atoms with Crippen molar-refractivity contribution in [1.29, 1.82) is 0 Å². The van der Waals surface area contributed by atoms with Gasteiger partial charge in [0.05, 0.1) is 12.6 Å². The third-order valence-corrected chi connectivity index (χ3v) is 7.15. The van der Waals surface area contributed by atoms with Crippen molar-refractivity contribution in [3.63, 3.8) is 0 Å². The molecule has 34 heavy (non-hydrogen) atoms. The summed E-state index contributed by atoms with van der Waals surface area (Å²) in [7, 11) is 0. The van der Waals surface area contributed by atoms with Crippen LogP contribution >= 0.6 is 0 Å². The van der Waals surface area contributed by atoms with Crippen LogP contribution in [-0.2, 0) is 17.9 Å². The summed E-state index contributed by atoms with van der Waals surface area (Å²) in [5.41, 5.74) is 1.59. The van der Waals surface area contributed by atoms with E-state index in [1.165, 1.54) is 0 Å². The van der Waals surface area contributed by atoms with Gasteiger partial charge in [-0.05, 0) is 63.4 Å². The molecule has 1 atom stereocenters. The van der Waals surface area contributed by atoms with Crippen molar-refractivity contribution in [1.82, 2.24) is 14.8 Å². The predicted molar refractivity (Wildman–Crippen MR) is 133 cm³/mol. The van der Waals surface area contributed by atoms with Crippen LogP contribution in [0.4, 0.5) is 0 Å². The molecule has 6 nitrogen and oxygen atoms in total. The summed E-state index contributed by atoms with van der Waals surface area (Å²) in [6.07, 6.45) is 4.39. The van der Waals surface area contributed by atoms with E-state index in [2.05, 4.69) is 5.32 Å². The summed E-state index contributed by atoms with van der Waals surface area (Å²) in [5, 5.41) is 4.28. The molecule has 6 heteroatoms. The molecule has 0 radical (unpaired) electrons. The monoisotopic (exact) mass is 459 g/mol. The molecule has 1 aliphatic heterocycles. The van der Waals surface area contributed by atoms with Crippen molar-refractivity contribution in [3.8, 4) is 5.75 Å². The van der Waals surface area contributed by atoms with Gasteiger partial charge in [-0.3, -0.25) is 9.59 Å². The zero-order valence-corrected chi connectivity index (χ0v) is 20.2. The van der Waals surface area contributed by atoms with Gasteiger partial charge in [0.25, 0.3) is 5.91 Å². The maximum Gasteiger partial charge on any atom is 0.271 e. The number of amides is 2. The Kier molecular flexibility index (Phi) is 5.84. The highest BCUT2D eigenvalue weighted by molar-refractivity contribution is 6.03. The molecule has 2 heterocycles. The highest BCUT2D eigenvalue weighted by Crippen LogP contribution is 2.34. The molecule has 178 valence electrons. The largest absolute Gasteiger partial charge is 0.491 e. The molecular formula is C28H33N3O3. The number of para-hydroxylation sites is 1. The van der Waals surface area contributed by atoms with E-state index in [4.69, 9.17) is 4.74 Å². The molecule has 2 aliphatic rings. The second kappa shape index (κ2) is 8.82. The zero-order chi connectivity index (χ0) is 23.9. The maximum atomic E-state index is 13.9. The van der Waals surface area contributed by atoms with Gasteiger partial charge in [-0.2, -0.15) is 0 Å². The Bertz CT molecular complexity index is 1210. The maximum absolute atomic E-state index is 13.9. The first-order chi connectivity index (χ1) is 16.3. The van der Waals surface area contributed by atoms with Gasteiger partial charge in [0, 0.05) is 23.5 Å². The van der Waals surface area contributed by atoms with E-state index in [1.54, 1.807) is 4.90 Å². The topological polar surface area (TPSA) is 63.6 Å². The highest BCUT2D eigenvalue weighted by Gasteiger charge is 2.48. The Balaban J connectivity index is 1.50. The molecule has 1 saturated carbocycles. The number of carbonyl (C=O) groups is 2. The van der Waals surface area contributed by atoms with E-state index in [0.717, 1.165) is 47.9 Å². The number of aromatic nitrogens is 1. The third kappa shape index (κ3) is 4.06. The Hall–Kier alpha value is -3.28. The number of ether oxygens (including phenoxy) is 1. The summed E-state index contributed by atoms with van der Waals surface area (Å²) < 4.78 is 7.78. The van der Waals surface area contributed by atoms with Gasteiger partial charge in [0.15, 0.2) is 0 Å². The number of rotatable bonds is 6. The molecule has 0 bridgehead atoms. The van der Waals surface area contributed by atoms with Crippen molar-refractivity contribution in [2.24, 2.45) is 0 Å². The Morgan fingerprint density at radius 2 is 1.82 bits per heavy atom. The molecule has 0 spiro atoms. The van der Waals surface area contributed by atoms with Crippen molar-refractivity contribution < 1.29 is 14.3 Å². The average Bonchev–Trinajstić information content (AvgIpc) is 3.45. The van der Waals surface area contributed by atoms with Gasteiger partial charge in [-0.15, -0.1) is 0 Å². The van der Waals surface area contributed by atoms with E-state index in [-0.39, 0.29) is 24.0 Å². The summed E-state index contributed by atoms with van der Waals surface area (Å²) in [4.78, 5) is 29.3. The molecule has 2 aromatic carbocycles. The van der Waals surface area contributed by atoms with E-state index in [0.29, 0.717) is 18.8 Å². The molecule has 1 N–H and O–H groups in total. The van der Waals surface area contributed by atoms with Crippen molar-refractivity contribution in [3.05, 3.63) is 65.9 Å². The summed E-state index contributed by atoms with van der Waals surface area (Å²) in [6, 6.07) is 17.9. The average molecular weight is 460 g/mol. The number of nitrogens with zero attached hydrogens (tertiary/aromatic N) is 2. The summed E-state index contributed by atoms with van der Waals surface area (Å²) >= 11 is 0. The molecule has 2 amide bonds. The molecule has 1 aliphatic carbocycles. The fourth-order valence-corrected chi connectivity index (χ4v) is 5.29. The van der Waals surface area contributed by atoms with E-state index < -0.39 is 5.54 Å². The molecule has 1 fully saturated rings. The lowest BCUT2D eigenvalue weighted by Gasteiger charge is -2.44. The minimum atomic E-state index is -0.998. The van der Waals surface area contributed by atoms with Gasteiger partial charge in [0.2, 0.25) is 5.91 Å². The minimum Gasteiger partial charge on any atom is -0.491 e. The molecule has 3 aromatic rings. The van der Waals surface area contributed by atoms with Gasteiger partial charge < -0.3 is 19.5 Å². The van der Waals surface area contributed by atoms with Crippen LogP contribution in [0.3, 0.4) is 0 Å². The van der Waals surface area contributed by atoms with Crippen LogP contribution in [0.25, 0.3) is 10.9 Å². The van der Waals surface area contributed by atoms with Gasteiger partial charge >= 0.3 is 0 Å². The molecule has 0 saturated heterocycles. The lowest BCUT2D eigenvalue weighted by Crippen LogP contribution is -2.64. The van der Waals surface area contributed by atoms with Crippen molar-refractivity contribution >= 4 is 22.7 Å². The van der Waals surface area contributed by atoms with Crippen LogP contribution in [0.5, 0.6) is 5.75 Å². The molecule has 5 rings (SSSR count). The smallest absolute Gasteiger partial charge is 0.271 e. The quantitative estimate of drug-likeness (QED) is 0.570. The normalized spacial score (nSPS) is 20.7. The zero-order valence-electron chi connectivity index (χ0n) is 20.2. The first kappa shape index (κ1) is 22.5. The lowest BCUT2D eigenvalue weighted by atomic mass is 9.93. The fraction of sp³-hybridized carbons (Fsp3) is 0.429. The van der Waals surface area contributed by atoms with Gasteiger partial charge in [0.1, 0.15) is 17.0 Å². The van der Waals surface area contributed by atoms with Crippen molar-refractivity contribution in [2.45, 2.75) is 77.2 Å². The summed E-state index contributed by atoms with van der Waals surface area (Å²) in [5.74, 6) is 0.607. The molecule has 1 aromatic heterocycles. The Labute approximate surface area is 200 Å². The van der Waals surface area contributed by atoms with Crippen LogP contribution in [-0.4, -0.2) is 39.0 Å². The second-order valence-electron chi connectivity index (χ2n) is 10.1. The Morgan fingerprint density at radius 1 is 1.12 bits per heavy atom. The first-order valence-corrected chi connectivity index (χ1v) is 12.3. The highest BCUT2D eigenvalue weighted by atomic mass is 16.5. The van der Waals surface area contributed by atoms with E-state index in [1.807, 2.05) is 79.9 Å². The lowest BCUT2D eigenvalue weighted by molar-refractivity contribution is -0.133. The molecular weight excluding hydrogens is 426 g/mol. The number of carbonyl (C=O) groups excluding carboxylic acids is 2.